The number of hydrogen-bond donors (Lipinski definition) is 1. The first-order valence-electron chi connectivity index (χ1n) is 5.99. The van der Waals surface area contributed by atoms with E-state index < -0.39 is 15.8 Å². The Kier molecular flexibility index (Phi) is 5.00. The second kappa shape index (κ2) is 6.77. The Hall–Kier alpha value is -2.11. The van der Waals surface area contributed by atoms with Crippen LogP contribution >= 0.6 is 11.8 Å². The maximum absolute atomic E-state index is 12.5. The third-order valence-electron chi connectivity index (χ3n) is 2.62. The van der Waals surface area contributed by atoms with Crippen molar-refractivity contribution in [3.63, 3.8) is 0 Å². The van der Waals surface area contributed by atoms with Gasteiger partial charge in [0, 0.05) is 4.90 Å². The summed E-state index contributed by atoms with van der Waals surface area (Å²) >= 11 is 0.256. The molecule has 0 bridgehead atoms. The van der Waals surface area contributed by atoms with E-state index in [0.717, 1.165) is 0 Å². The third-order valence-corrected chi connectivity index (χ3v) is 4.77. The zero-order chi connectivity index (χ0) is 16.2. The third kappa shape index (κ3) is 3.96. The number of anilines is 1. The van der Waals surface area contributed by atoms with Gasteiger partial charge in [-0.2, -0.15) is 14.0 Å². The molecule has 22 heavy (non-hydrogen) atoms. The summed E-state index contributed by atoms with van der Waals surface area (Å²) in [6.07, 6.45) is 0. The van der Waals surface area contributed by atoms with E-state index in [0.29, 0.717) is 0 Å². The predicted molar refractivity (Wildman–Crippen MR) is 80.3 cm³/mol. The minimum atomic E-state index is -3.96. The van der Waals surface area contributed by atoms with Crippen LogP contribution in [0, 0.1) is 11.3 Å². The highest BCUT2D eigenvalue weighted by molar-refractivity contribution is 7.99. The summed E-state index contributed by atoms with van der Waals surface area (Å²) in [5, 5.41) is 8.81. The summed E-state index contributed by atoms with van der Waals surface area (Å²) in [6.45, 7) is 0. The molecular weight excluding hydrogens is 330 g/mol. The van der Waals surface area contributed by atoms with Gasteiger partial charge in [-0.1, -0.05) is 30.0 Å². The van der Waals surface area contributed by atoms with E-state index in [1.54, 1.807) is 12.1 Å². The minimum Gasteiger partial charge on any atom is -0.278 e. The number of para-hydroxylation sites is 1. The van der Waals surface area contributed by atoms with Gasteiger partial charge in [0.15, 0.2) is 0 Å². The molecule has 0 fully saturated rings. The first-order valence-corrected chi connectivity index (χ1v) is 8.35. The van der Waals surface area contributed by atoms with E-state index in [1.165, 1.54) is 36.4 Å². The molecule has 4 nitrogen and oxygen atoms in total. The van der Waals surface area contributed by atoms with Gasteiger partial charge in [0.05, 0.1) is 22.2 Å². The summed E-state index contributed by atoms with van der Waals surface area (Å²) in [6, 6.07) is 13.2. The molecule has 0 heterocycles. The van der Waals surface area contributed by atoms with E-state index in [4.69, 9.17) is 5.26 Å². The zero-order valence-electron chi connectivity index (χ0n) is 11.0. The number of halogens is 2. The summed E-state index contributed by atoms with van der Waals surface area (Å²) in [5.74, 6) is -2.66. The number of rotatable bonds is 5. The Morgan fingerprint density at radius 1 is 1.14 bits per heavy atom. The van der Waals surface area contributed by atoms with Crippen molar-refractivity contribution in [1.82, 2.24) is 0 Å². The Morgan fingerprint density at radius 2 is 1.86 bits per heavy atom. The zero-order valence-corrected chi connectivity index (χ0v) is 12.7. The van der Waals surface area contributed by atoms with Crippen LogP contribution in [0.5, 0.6) is 0 Å². The quantitative estimate of drug-likeness (QED) is 0.843. The van der Waals surface area contributed by atoms with Crippen LogP contribution in [0.4, 0.5) is 14.5 Å². The number of nitrogens with zero attached hydrogens (tertiary/aromatic N) is 1. The van der Waals surface area contributed by atoms with Gasteiger partial charge in [-0.25, -0.2) is 8.42 Å². The van der Waals surface area contributed by atoms with Crippen molar-refractivity contribution < 1.29 is 17.2 Å². The molecule has 2 aromatic rings. The van der Waals surface area contributed by atoms with Gasteiger partial charge >= 0.3 is 0 Å². The van der Waals surface area contributed by atoms with Crippen LogP contribution in [-0.2, 0) is 10.0 Å². The van der Waals surface area contributed by atoms with Gasteiger partial charge in [0.2, 0.25) is 0 Å². The van der Waals surface area contributed by atoms with Crippen LogP contribution < -0.4 is 4.72 Å². The topological polar surface area (TPSA) is 70.0 Å². The highest BCUT2D eigenvalue weighted by atomic mass is 32.2. The number of nitrogens with one attached hydrogen (secondary N) is 1. The van der Waals surface area contributed by atoms with Gasteiger partial charge in [0.1, 0.15) is 0 Å². The van der Waals surface area contributed by atoms with Crippen LogP contribution in [-0.4, -0.2) is 14.2 Å². The van der Waals surface area contributed by atoms with E-state index in [2.05, 4.69) is 4.72 Å². The van der Waals surface area contributed by atoms with Crippen molar-refractivity contribution >= 4 is 27.5 Å². The summed E-state index contributed by atoms with van der Waals surface area (Å²) in [7, 11) is -3.96. The lowest BCUT2D eigenvalue weighted by molar-refractivity contribution is 0.252. The maximum Gasteiger partial charge on any atom is 0.288 e. The van der Waals surface area contributed by atoms with Gasteiger partial charge in [-0.3, -0.25) is 4.72 Å². The molecule has 0 radical (unpaired) electrons. The normalized spacial score (nSPS) is 11.2. The Bertz CT molecular complexity index is 818. The first kappa shape index (κ1) is 16.3. The molecule has 0 amide bonds. The molecule has 1 N–H and O–H groups in total. The predicted octanol–water partition coefficient (Wildman–Crippen LogP) is 3.67. The molecular formula is C14H10F2N2O2S2. The number of benzene rings is 2. The van der Waals surface area contributed by atoms with Crippen LogP contribution in [0.3, 0.4) is 0 Å². The summed E-state index contributed by atoms with van der Waals surface area (Å²) < 4.78 is 51.9. The van der Waals surface area contributed by atoms with Crippen molar-refractivity contribution in [2.75, 3.05) is 4.72 Å². The lowest BCUT2D eigenvalue weighted by Crippen LogP contribution is -2.13. The lowest BCUT2D eigenvalue weighted by Gasteiger charge is -2.12. The van der Waals surface area contributed by atoms with Gasteiger partial charge in [0.25, 0.3) is 15.8 Å². The fourth-order valence-electron chi connectivity index (χ4n) is 1.69. The van der Waals surface area contributed by atoms with Crippen LogP contribution in [0.25, 0.3) is 0 Å². The number of nitriles is 1. The second-order valence-electron chi connectivity index (χ2n) is 4.12. The Balaban J connectivity index is 2.35. The average molecular weight is 340 g/mol. The molecule has 0 saturated carbocycles. The molecule has 2 rings (SSSR count). The number of hydrogen-bond acceptors (Lipinski definition) is 4. The van der Waals surface area contributed by atoms with Gasteiger partial charge in [-0.15, -0.1) is 0 Å². The van der Waals surface area contributed by atoms with Crippen molar-refractivity contribution in [3.8, 4) is 6.07 Å². The fourth-order valence-corrected chi connectivity index (χ4v) is 3.47. The fraction of sp³-hybridized carbons (Fsp3) is 0.0714. The molecule has 0 unspecified atom stereocenters. The maximum atomic E-state index is 12.5. The van der Waals surface area contributed by atoms with E-state index in [9.17, 15) is 17.2 Å². The molecule has 0 aromatic heterocycles. The van der Waals surface area contributed by atoms with Crippen molar-refractivity contribution in [2.45, 2.75) is 15.5 Å². The Labute approximate surface area is 130 Å². The largest absolute Gasteiger partial charge is 0.288 e. The van der Waals surface area contributed by atoms with Crippen LogP contribution in [0.2, 0.25) is 0 Å². The van der Waals surface area contributed by atoms with E-state index in [1.807, 2.05) is 6.07 Å². The average Bonchev–Trinajstić information content (AvgIpc) is 2.48. The molecule has 2 aromatic carbocycles. The van der Waals surface area contributed by atoms with Gasteiger partial charge < -0.3 is 0 Å². The highest BCUT2D eigenvalue weighted by Crippen LogP contribution is 2.32. The molecule has 0 aliphatic carbocycles. The monoisotopic (exact) mass is 340 g/mol. The standard InChI is InChI=1S/C14H10F2N2O2S2/c15-14(16)21-13-7-2-1-6-12(13)18-22(19,20)11-5-3-4-10(8-11)9-17/h1-8,14,18H. The van der Waals surface area contributed by atoms with Gasteiger partial charge in [-0.05, 0) is 30.3 Å². The number of thioether (sulfide) groups is 1. The van der Waals surface area contributed by atoms with Crippen molar-refractivity contribution in [2.24, 2.45) is 0 Å². The molecule has 0 aliphatic rings. The van der Waals surface area contributed by atoms with Crippen molar-refractivity contribution in [1.29, 1.82) is 5.26 Å². The molecule has 0 saturated heterocycles. The SMILES string of the molecule is N#Cc1cccc(S(=O)(=O)Nc2ccccc2SC(F)F)c1. The minimum absolute atomic E-state index is 0.0650. The summed E-state index contributed by atoms with van der Waals surface area (Å²) in [4.78, 5) is 0.0147. The van der Waals surface area contributed by atoms with Crippen LogP contribution in [0.1, 0.15) is 5.56 Å². The second-order valence-corrected chi connectivity index (χ2v) is 6.83. The molecule has 0 aliphatic heterocycles. The molecule has 8 heteroatoms. The van der Waals surface area contributed by atoms with E-state index in [-0.39, 0.29) is 32.8 Å². The first-order chi connectivity index (χ1) is 10.4. The summed E-state index contributed by atoms with van der Waals surface area (Å²) in [5.41, 5.74) is 0.258. The van der Waals surface area contributed by atoms with Crippen molar-refractivity contribution in [3.05, 3.63) is 54.1 Å². The number of alkyl halides is 2. The highest BCUT2D eigenvalue weighted by Gasteiger charge is 2.18. The van der Waals surface area contributed by atoms with Crippen LogP contribution in [0.15, 0.2) is 58.3 Å². The molecule has 114 valence electrons. The Morgan fingerprint density at radius 3 is 2.55 bits per heavy atom. The molecule has 0 atom stereocenters. The van der Waals surface area contributed by atoms with E-state index >= 15 is 0 Å². The number of sulfonamides is 1. The smallest absolute Gasteiger partial charge is 0.278 e. The molecule has 0 spiro atoms. The lowest BCUT2D eigenvalue weighted by atomic mass is 10.2.